The van der Waals surface area contributed by atoms with Crippen molar-refractivity contribution in [2.45, 2.75) is 31.7 Å². The predicted molar refractivity (Wildman–Crippen MR) is 75.9 cm³/mol. The smallest absolute Gasteiger partial charge is 0.306 e. The van der Waals surface area contributed by atoms with E-state index in [4.69, 9.17) is 5.11 Å². The van der Waals surface area contributed by atoms with Crippen LogP contribution in [-0.4, -0.2) is 24.2 Å². The van der Waals surface area contributed by atoms with Crippen molar-refractivity contribution in [1.29, 1.82) is 0 Å². The normalized spacial score (nSPS) is 23.7. The van der Waals surface area contributed by atoms with Gasteiger partial charge < -0.3 is 10.0 Å². The molecule has 1 aromatic carbocycles. The Kier molecular flexibility index (Phi) is 4.27. The molecule has 0 aliphatic heterocycles. The summed E-state index contributed by atoms with van der Waals surface area (Å²) in [5.41, 5.74) is 1.18. The molecule has 0 amide bonds. The van der Waals surface area contributed by atoms with E-state index in [9.17, 15) is 4.79 Å². The molecule has 0 radical (unpaired) electrons. The van der Waals surface area contributed by atoms with Crippen molar-refractivity contribution in [3.8, 4) is 0 Å². The Balaban J connectivity index is 1.99. The van der Waals surface area contributed by atoms with E-state index in [0.29, 0.717) is 6.04 Å². The second-order valence-corrected chi connectivity index (χ2v) is 5.85. The molecule has 1 aliphatic rings. The number of rotatable bonds is 3. The van der Waals surface area contributed by atoms with E-state index in [1.54, 1.807) is 0 Å². The van der Waals surface area contributed by atoms with Crippen LogP contribution in [0.1, 0.15) is 25.7 Å². The summed E-state index contributed by atoms with van der Waals surface area (Å²) in [6.07, 6.45) is 3.50. The number of hydrogen-bond acceptors (Lipinski definition) is 2. The zero-order valence-corrected chi connectivity index (χ0v) is 12.1. The van der Waals surface area contributed by atoms with Crippen molar-refractivity contribution in [2.24, 2.45) is 5.92 Å². The van der Waals surface area contributed by atoms with Gasteiger partial charge in [-0.3, -0.25) is 4.79 Å². The van der Waals surface area contributed by atoms with Crippen LogP contribution in [0.2, 0.25) is 0 Å². The van der Waals surface area contributed by atoms with Gasteiger partial charge >= 0.3 is 5.97 Å². The second kappa shape index (κ2) is 5.74. The molecule has 0 unspecified atom stereocenters. The van der Waals surface area contributed by atoms with Crippen molar-refractivity contribution in [2.75, 3.05) is 11.9 Å². The SMILES string of the molecule is CN(c1cccc(Br)c1)C1CCC(C(=O)O)CC1. The highest BCUT2D eigenvalue weighted by atomic mass is 79.9. The first-order chi connectivity index (χ1) is 8.58. The molecule has 0 heterocycles. The molecule has 1 aliphatic carbocycles. The van der Waals surface area contributed by atoms with Gasteiger partial charge in [0, 0.05) is 23.2 Å². The summed E-state index contributed by atoms with van der Waals surface area (Å²) in [6.45, 7) is 0. The van der Waals surface area contributed by atoms with E-state index in [1.807, 2.05) is 12.1 Å². The van der Waals surface area contributed by atoms with E-state index >= 15 is 0 Å². The molecular formula is C14H18BrNO2. The van der Waals surface area contributed by atoms with Gasteiger partial charge in [-0.05, 0) is 43.9 Å². The van der Waals surface area contributed by atoms with Crippen LogP contribution in [0, 0.1) is 5.92 Å². The van der Waals surface area contributed by atoms with E-state index in [1.165, 1.54) is 5.69 Å². The van der Waals surface area contributed by atoms with Gasteiger partial charge in [0.2, 0.25) is 0 Å². The van der Waals surface area contributed by atoms with Gasteiger partial charge in [-0.15, -0.1) is 0 Å². The van der Waals surface area contributed by atoms with Crippen LogP contribution in [0.5, 0.6) is 0 Å². The fourth-order valence-electron chi connectivity index (χ4n) is 2.62. The molecule has 0 bridgehead atoms. The summed E-state index contributed by atoms with van der Waals surface area (Å²) in [7, 11) is 2.09. The van der Waals surface area contributed by atoms with Crippen molar-refractivity contribution in [1.82, 2.24) is 0 Å². The largest absolute Gasteiger partial charge is 0.481 e. The third-order valence-electron chi connectivity index (χ3n) is 3.81. The van der Waals surface area contributed by atoms with E-state index < -0.39 is 5.97 Å². The van der Waals surface area contributed by atoms with Gasteiger partial charge in [0.05, 0.1) is 5.92 Å². The minimum Gasteiger partial charge on any atom is -0.481 e. The lowest BCUT2D eigenvalue weighted by molar-refractivity contribution is -0.142. The van der Waals surface area contributed by atoms with Gasteiger partial charge in [0.15, 0.2) is 0 Å². The number of nitrogens with zero attached hydrogens (tertiary/aromatic N) is 1. The Morgan fingerprint density at radius 1 is 1.33 bits per heavy atom. The third kappa shape index (κ3) is 3.05. The van der Waals surface area contributed by atoms with E-state index in [-0.39, 0.29) is 5.92 Å². The molecule has 0 saturated heterocycles. The van der Waals surface area contributed by atoms with Gasteiger partial charge in [0.1, 0.15) is 0 Å². The maximum Gasteiger partial charge on any atom is 0.306 e. The fraction of sp³-hybridized carbons (Fsp3) is 0.500. The molecule has 18 heavy (non-hydrogen) atoms. The lowest BCUT2D eigenvalue weighted by Crippen LogP contribution is -2.36. The zero-order valence-electron chi connectivity index (χ0n) is 10.5. The number of hydrogen-bond donors (Lipinski definition) is 1. The van der Waals surface area contributed by atoms with E-state index in [2.05, 4.69) is 40.0 Å². The van der Waals surface area contributed by atoms with Crippen molar-refractivity contribution in [3.63, 3.8) is 0 Å². The lowest BCUT2D eigenvalue weighted by Gasteiger charge is -2.35. The highest BCUT2D eigenvalue weighted by Crippen LogP contribution is 2.30. The Morgan fingerprint density at radius 3 is 2.56 bits per heavy atom. The standard InChI is InChI=1S/C14H18BrNO2/c1-16(13-4-2-3-11(15)9-13)12-7-5-10(6-8-12)14(17)18/h2-4,9-10,12H,5-8H2,1H3,(H,17,18). The number of carbonyl (C=O) groups is 1. The highest BCUT2D eigenvalue weighted by molar-refractivity contribution is 9.10. The van der Waals surface area contributed by atoms with Crippen molar-refractivity contribution < 1.29 is 9.90 Å². The quantitative estimate of drug-likeness (QED) is 0.928. The van der Waals surface area contributed by atoms with Crippen molar-refractivity contribution in [3.05, 3.63) is 28.7 Å². The number of halogens is 1. The van der Waals surface area contributed by atoms with Crippen LogP contribution in [0.4, 0.5) is 5.69 Å². The Hall–Kier alpha value is -1.03. The predicted octanol–water partition coefficient (Wildman–Crippen LogP) is 3.53. The van der Waals surface area contributed by atoms with Crippen LogP contribution in [0.25, 0.3) is 0 Å². The fourth-order valence-corrected chi connectivity index (χ4v) is 3.00. The number of aliphatic carboxylic acids is 1. The summed E-state index contributed by atoms with van der Waals surface area (Å²) in [6, 6.07) is 8.68. The van der Waals surface area contributed by atoms with Crippen LogP contribution in [-0.2, 0) is 4.79 Å². The average molecular weight is 312 g/mol. The molecule has 3 nitrogen and oxygen atoms in total. The molecule has 1 fully saturated rings. The lowest BCUT2D eigenvalue weighted by atomic mass is 9.85. The van der Waals surface area contributed by atoms with Gasteiger partial charge in [-0.2, -0.15) is 0 Å². The summed E-state index contributed by atoms with van der Waals surface area (Å²) < 4.78 is 1.08. The molecule has 98 valence electrons. The molecule has 1 saturated carbocycles. The molecule has 4 heteroatoms. The highest BCUT2D eigenvalue weighted by Gasteiger charge is 2.28. The molecular weight excluding hydrogens is 294 g/mol. The Morgan fingerprint density at radius 2 is 2.00 bits per heavy atom. The second-order valence-electron chi connectivity index (χ2n) is 4.93. The minimum absolute atomic E-state index is 0.142. The monoisotopic (exact) mass is 311 g/mol. The third-order valence-corrected chi connectivity index (χ3v) is 4.30. The van der Waals surface area contributed by atoms with Gasteiger partial charge in [0.25, 0.3) is 0 Å². The van der Waals surface area contributed by atoms with Gasteiger partial charge in [-0.1, -0.05) is 22.0 Å². The molecule has 0 atom stereocenters. The minimum atomic E-state index is -0.640. The first-order valence-electron chi connectivity index (χ1n) is 6.29. The van der Waals surface area contributed by atoms with Crippen LogP contribution >= 0.6 is 15.9 Å². The average Bonchev–Trinajstić information content (AvgIpc) is 2.38. The summed E-state index contributed by atoms with van der Waals surface area (Å²) in [5, 5.41) is 9.00. The topological polar surface area (TPSA) is 40.5 Å². The number of carboxylic acids is 1. The van der Waals surface area contributed by atoms with Crippen LogP contribution in [0.3, 0.4) is 0 Å². The number of benzene rings is 1. The first-order valence-corrected chi connectivity index (χ1v) is 7.08. The maximum atomic E-state index is 10.9. The molecule has 2 rings (SSSR count). The van der Waals surface area contributed by atoms with E-state index in [0.717, 1.165) is 30.2 Å². The Labute approximate surface area is 116 Å². The number of anilines is 1. The first kappa shape index (κ1) is 13.4. The summed E-state index contributed by atoms with van der Waals surface area (Å²) in [5.74, 6) is -0.782. The van der Waals surface area contributed by atoms with Gasteiger partial charge in [-0.25, -0.2) is 0 Å². The van der Waals surface area contributed by atoms with Crippen LogP contribution in [0.15, 0.2) is 28.7 Å². The molecule has 1 N–H and O–H groups in total. The Bertz CT molecular complexity index is 428. The van der Waals surface area contributed by atoms with Crippen molar-refractivity contribution >= 4 is 27.6 Å². The summed E-state index contributed by atoms with van der Waals surface area (Å²) >= 11 is 3.48. The molecule has 1 aromatic rings. The molecule has 0 aromatic heterocycles. The maximum absolute atomic E-state index is 10.9. The number of carboxylic acid groups (broad SMARTS) is 1. The molecule has 0 spiro atoms. The zero-order chi connectivity index (χ0) is 13.1. The van der Waals surface area contributed by atoms with Crippen LogP contribution < -0.4 is 4.90 Å². The summed E-state index contributed by atoms with van der Waals surface area (Å²) in [4.78, 5) is 13.2.